The molecule has 0 bridgehead atoms. The number of halogens is 1. The van der Waals surface area contributed by atoms with Gasteiger partial charge in [-0.1, -0.05) is 6.07 Å². The van der Waals surface area contributed by atoms with Crippen LogP contribution >= 0.6 is 0 Å². The Morgan fingerprint density at radius 1 is 1.03 bits per heavy atom. The van der Waals surface area contributed by atoms with E-state index in [1.807, 2.05) is 19.1 Å². The molecule has 2 heterocycles. The van der Waals surface area contributed by atoms with Gasteiger partial charge >= 0.3 is 5.97 Å². The first kappa shape index (κ1) is 22.9. The third kappa shape index (κ3) is 4.45. The summed E-state index contributed by atoms with van der Waals surface area (Å²) in [7, 11) is 3.01. The van der Waals surface area contributed by atoms with Gasteiger partial charge in [0.05, 0.1) is 37.1 Å². The lowest BCUT2D eigenvalue weighted by atomic mass is 9.95. The van der Waals surface area contributed by atoms with E-state index < -0.39 is 17.8 Å². The molecular weight excluding hydrogens is 443 g/mol. The molecule has 10 nitrogen and oxygen atoms in total. The molecule has 0 aliphatic rings. The lowest BCUT2D eigenvalue weighted by Crippen LogP contribution is -2.40. The minimum Gasteiger partial charge on any atom is -0.468 e. The SMILES string of the molecule is COC(=O)CNC(=O)CNC(=O)Cn1ncc2c(-c3cc4c(cnn4C)cc3F)c(C)ccc21. The van der Waals surface area contributed by atoms with Gasteiger partial charge in [-0.25, -0.2) is 4.39 Å². The topological polar surface area (TPSA) is 120 Å². The van der Waals surface area contributed by atoms with Gasteiger partial charge in [0.1, 0.15) is 18.9 Å². The van der Waals surface area contributed by atoms with Crippen LogP contribution in [0.15, 0.2) is 36.7 Å². The van der Waals surface area contributed by atoms with E-state index in [1.54, 1.807) is 30.2 Å². The molecule has 0 aliphatic carbocycles. The number of nitrogens with one attached hydrogen (secondary N) is 2. The van der Waals surface area contributed by atoms with Crippen molar-refractivity contribution in [3.63, 3.8) is 0 Å². The summed E-state index contributed by atoms with van der Waals surface area (Å²) in [5.41, 5.74) is 3.41. The monoisotopic (exact) mass is 466 g/mol. The molecule has 4 aromatic rings. The van der Waals surface area contributed by atoms with E-state index >= 15 is 4.39 Å². The maximum absolute atomic E-state index is 15.1. The normalized spacial score (nSPS) is 11.1. The first-order valence-corrected chi connectivity index (χ1v) is 10.5. The summed E-state index contributed by atoms with van der Waals surface area (Å²) in [5, 5.41) is 14.7. The van der Waals surface area contributed by atoms with Crippen molar-refractivity contribution in [1.82, 2.24) is 30.2 Å². The molecule has 11 heteroatoms. The second kappa shape index (κ2) is 9.30. The number of aromatic nitrogens is 4. The maximum atomic E-state index is 15.1. The maximum Gasteiger partial charge on any atom is 0.325 e. The van der Waals surface area contributed by atoms with Gasteiger partial charge in [-0.3, -0.25) is 23.7 Å². The summed E-state index contributed by atoms with van der Waals surface area (Å²) in [6.07, 6.45) is 3.21. The van der Waals surface area contributed by atoms with Crippen molar-refractivity contribution >= 4 is 39.6 Å². The van der Waals surface area contributed by atoms with E-state index in [-0.39, 0.29) is 25.5 Å². The Kier molecular flexibility index (Phi) is 6.26. The summed E-state index contributed by atoms with van der Waals surface area (Å²) < 4.78 is 22.7. The third-order valence-electron chi connectivity index (χ3n) is 5.54. The van der Waals surface area contributed by atoms with Crippen LogP contribution in [0.25, 0.3) is 32.9 Å². The predicted octanol–water partition coefficient (Wildman–Crippen LogP) is 1.44. The number of benzene rings is 2. The molecule has 0 aliphatic heterocycles. The number of aryl methyl sites for hydroxylation is 2. The highest BCUT2D eigenvalue weighted by molar-refractivity contribution is 5.99. The molecule has 2 aromatic heterocycles. The number of nitrogens with zero attached hydrogens (tertiary/aromatic N) is 4. The van der Waals surface area contributed by atoms with Crippen LogP contribution in [-0.2, 0) is 32.7 Å². The summed E-state index contributed by atoms with van der Waals surface area (Å²) in [4.78, 5) is 35.2. The average Bonchev–Trinajstić information content (AvgIpc) is 3.38. The number of rotatable bonds is 7. The quantitative estimate of drug-likeness (QED) is 0.398. The number of esters is 1. The van der Waals surface area contributed by atoms with Crippen molar-refractivity contribution in [3.05, 3.63) is 48.0 Å². The van der Waals surface area contributed by atoms with E-state index in [9.17, 15) is 14.4 Å². The molecule has 0 unspecified atom stereocenters. The fourth-order valence-electron chi connectivity index (χ4n) is 3.79. The molecule has 0 saturated heterocycles. The molecule has 2 aromatic carbocycles. The number of hydrogen-bond acceptors (Lipinski definition) is 6. The fourth-order valence-corrected chi connectivity index (χ4v) is 3.79. The van der Waals surface area contributed by atoms with Gasteiger partial charge in [0, 0.05) is 23.4 Å². The highest BCUT2D eigenvalue weighted by Gasteiger charge is 2.18. The number of methoxy groups -OCH3 is 1. The van der Waals surface area contributed by atoms with Crippen molar-refractivity contribution in [1.29, 1.82) is 0 Å². The Labute approximate surface area is 193 Å². The minimum atomic E-state index is -0.590. The van der Waals surface area contributed by atoms with Gasteiger partial charge in [-0.15, -0.1) is 0 Å². The number of hydrogen-bond donors (Lipinski definition) is 2. The van der Waals surface area contributed by atoms with Crippen LogP contribution in [0.3, 0.4) is 0 Å². The highest BCUT2D eigenvalue weighted by atomic mass is 19.1. The smallest absolute Gasteiger partial charge is 0.325 e. The van der Waals surface area contributed by atoms with Crippen LogP contribution in [0.5, 0.6) is 0 Å². The van der Waals surface area contributed by atoms with Gasteiger partial charge in [-0.2, -0.15) is 10.2 Å². The van der Waals surface area contributed by atoms with Crippen molar-refractivity contribution in [3.8, 4) is 11.1 Å². The fraction of sp³-hybridized carbons (Fsp3) is 0.261. The van der Waals surface area contributed by atoms with Crippen LogP contribution in [-0.4, -0.2) is 57.5 Å². The predicted molar refractivity (Wildman–Crippen MR) is 122 cm³/mol. The number of carbonyl (C=O) groups is 3. The highest BCUT2D eigenvalue weighted by Crippen LogP contribution is 2.35. The Morgan fingerprint density at radius 3 is 2.56 bits per heavy atom. The Bertz CT molecular complexity index is 1420. The van der Waals surface area contributed by atoms with Gasteiger partial charge in [0.25, 0.3) is 0 Å². The molecule has 2 N–H and O–H groups in total. The number of amides is 2. The number of fused-ring (bicyclic) bond motifs is 2. The lowest BCUT2D eigenvalue weighted by molar-refractivity contribution is -0.141. The van der Waals surface area contributed by atoms with E-state index in [0.717, 1.165) is 11.1 Å². The van der Waals surface area contributed by atoms with E-state index in [2.05, 4.69) is 25.6 Å². The molecule has 4 rings (SSSR count). The Morgan fingerprint density at radius 2 is 1.79 bits per heavy atom. The molecule has 0 atom stereocenters. The first-order valence-electron chi connectivity index (χ1n) is 10.5. The molecular formula is C23H23FN6O4. The van der Waals surface area contributed by atoms with Crippen LogP contribution in [0.4, 0.5) is 4.39 Å². The van der Waals surface area contributed by atoms with Crippen LogP contribution in [0.2, 0.25) is 0 Å². The third-order valence-corrected chi connectivity index (χ3v) is 5.54. The van der Waals surface area contributed by atoms with Gasteiger partial charge in [-0.05, 0) is 36.2 Å². The molecule has 2 amide bonds. The van der Waals surface area contributed by atoms with Gasteiger partial charge < -0.3 is 15.4 Å². The Hall–Kier alpha value is -4.28. The first-order chi connectivity index (χ1) is 16.3. The zero-order valence-electron chi connectivity index (χ0n) is 18.9. The second-order valence-corrected chi connectivity index (χ2v) is 7.78. The number of carbonyl (C=O) groups excluding carboxylic acids is 3. The summed E-state index contributed by atoms with van der Waals surface area (Å²) >= 11 is 0. The van der Waals surface area contributed by atoms with Gasteiger partial charge in [0.15, 0.2) is 0 Å². The summed E-state index contributed by atoms with van der Waals surface area (Å²) in [6.45, 7) is 1.17. The molecule has 176 valence electrons. The molecule has 0 fully saturated rings. The van der Waals surface area contributed by atoms with Crippen molar-refractivity contribution < 1.29 is 23.5 Å². The molecule has 0 saturated carbocycles. The summed E-state index contributed by atoms with van der Waals surface area (Å²) in [6, 6.07) is 6.88. The second-order valence-electron chi connectivity index (χ2n) is 7.78. The molecule has 0 radical (unpaired) electrons. The van der Waals surface area contributed by atoms with E-state index in [0.29, 0.717) is 27.4 Å². The molecule has 34 heavy (non-hydrogen) atoms. The van der Waals surface area contributed by atoms with Crippen molar-refractivity contribution in [2.24, 2.45) is 7.05 Å². The average molecular weight is 466 g/mol. The minimum absolute atomic E-state index is 0.139. The number of ether oxygens (including phenoxy) is 1. The van der Waals surface area contributed by atoms with E-state index in [4.69, 9.17) is 0 Å². The zero-order chi connectivity index (χ0) is 24.4. The standard InChI is InChI=1S/C23H23FN6O4/c1-13-4-5-18-16(23(13)15-7-19-14(6-17(15)24)8-27-29(19)2)9-28-30(18)12-21(32)25-10-20(31)26-11-22(33)34-3/h4-9H,10-12H2,1-3H3,(H,25,32)(H,26,31). The summed E-state index contributed by atoms with van der Waals surface area (Å²) in [5.74, 6) is -1.93. The van der Waals surface area contributed by atoms with Crippen molar-refractivity contribution in [2.75, 3.05) is 20.2 Å². The zero-order valence-corrected chi connectivity index (χ0v) is 18.9. The van der Waals surface area contributed by atoms with Gasteiger partial charge in [0.2, 0.25) is 11.8 Å². The lowest BCUT2D eigenvalue weighted by Gasteiger charge is -2.11. The van der Waals surface area contributed by atoms with Crippen LogP contribution in [0.1, 0.15) is 5.56 Å². The van der Waals surface area contributed by atoms with Crippen LogP contribution in [0, 0.1) is 12.7 Å². The van der Waals surface area contributed by atoms with Crippen molar-refractivity contribution in [2.45, 2.75) is 13.5 Å². The molecule has 0 spiro atoms. The van der Waals surface area contributed by atoms with E-state index in [1.165, 1.54) is 17.9 Å². The Balaban J connectivity index is 1.56. The van der Waals surface area contributed by atoms with Crippen LogP contribution < -0.4 is 10.6 Å². The largest absolute Gasteiger partial charge is 0.468 e.